The summed E-state index contributed by atoms with van der Waals surface area (Å²) < 4.78 is 21.0. The number of nitrogens with zero attached hydrogens (tertiary/aromatic N) is 1. The van der Waals surface area contributed by atoms with E-state index in [9.17, 15) is 48.6 Å². The van der Waals surface area contributed by atoms with Gasteiger partial charge in [0.2, 0.25) is 47.2 Å². The lowest BCUT2D eigenvalue weighted by atomic mass is 9.96. The number of esters is 2. The number of carbonyl (C=O) groups is 8. The quantitative estimate of drug-likeness (QED) is 0.0391. The molecular formula is C45H75N7O14. The van der Waals surface area contributed by atoms with Gasteiger partial charge in [-0.05, 0) is 50.4 Å². The second-order valence-corrected chi connectivity index (χ2v) is 17.0. The van der Waals surface area contributed by atoms with Crippen LogP contribution in [0.2, 0.25) is 0 Å². The molecule has 0 spiro atoms. The van der Waals surface area contributed by atoms with Crippen molar-refractivity contribution < 1.29 is 67.5 Å². The molecule has 1 rings (SSSR count). The van der Waals surface area contributed by atoms with Crippen LogP contribution in [0.15, 0.2) is 18.2 Å². The number of aliphatic hydroxyl groups is 2. The molecule has 0 saturated carbocycles. The van der Waals surface area contributed by atoms with Crippen molar-refractivity contribution in [1.82, 2.24) is 36.9 Å². The molecule has 66 heavy (non-hydrogen) atoms. The molecule has 1 aromatic heterocycles. The van der Waals surface area contributed by atoms with Gasteiger partial charge in [0.05, 0.1) is 39.6 Å². The van der Waals surface area contributed by atoms with Gasteiger partial charge in [-0.15, -0.1) is 0 Å². The maximum atomic E-state index is 13.3. The van der Waals surface area contributed by atoms with E-state index in [0.717, 1.165) is 0 Å². The number of aromatic nitrogens is 1. The molecule has 374 valence electrons. The molecule has 8 N–H and O–H groups in total. The minimum atomic E-state index is -1.38. The number of ether oxygens (including phenoxy) is 4. The molecule has 1 aromatic rings. The molecule has 0 aromatic carbocycles. The van der Waals surface area contributed by atoms with Crippen LogP contribution >= 0.6 is 0 Å². The number of hydrogen-bond acceptors (Lipinski definition) is 15. The molecular weight excluding hydrogens is 863 g/mol. The molecule has 0 aliphatic heterocycles. The van der Waals surface area contributed by atoms with Gasteiger partial charge >= 0.3 is 11.9 Å². The summed E-state index contributed by atoms with van der Waals surface area (Å²) in [5, 5.41) is 36.3. The second-order valence-electron chi connectivity index (χ2n) is 17.0. The van der Waals surface area contributed by atoms with E-state index < -0.39 is 95.8 Å². The molecule has 0 saturated heterocycles. The Morgan fingerprint density at radius 1 is 0.515 bits per heavy atom. The first-order valence-electron chi connectivity index (χ1n) is 22.6. The Balaban J connectivity index is 2.72. The second kappa shape index (κ2) is 29.9. The number of hydrogen-bond donors (Lipinski definition) is 8. The highest BCUT2D eigenvalue weighted by molar-refractivity contribution is 5.95. The maximum Gasteiger partial charge on any atom is 0.328 e. The highest BCUT2D eigenvalue weighted by Crippen LogP contribution is 2.16. The third-order valence-corrected chi connectivity index (χ3v) is 10.9. The van der Waals surface area contributed by atoms with Crippen LogP contribution in [0.5, 0.6) is 11.8 Å². The summed E-state index contributed by atoms with van der Waals surface area (Å²) in [6, 6.07) is -2.02. The summed E-state index contributed by atoms with van der Waals surface area (Å²) >= 11 is 0. The van der Waals surface area contributed by atoms with Crippen molar-refractivity contribution in [3.05, 3.63) is 18.2 Å². The van der Waals surface area contributed by atoms with Gasteiger partial charge in [0, 0.05) is 25.0 Å². The Kier molecular flexibility index (Phi) is 26.4. The minimum Gasteiger partial charge on any atom is -0.478 e. The number of methoxy groups -OCH3 is 2. The van der Waals surface area contributed by atoms with Crippen LogP contribution in [0.3, 0.4) is 0 Å². The van der Waals surface area contributed by atoms with Crippen molar-refractivity contribution in [3.63, 3.8) is 0 Å². The van der Waals surface area contributed by atoms with E-state index >= 15 is 0 Å². The average Bonchev–Trinajstić information content (AvgIpc) is 3.27. The summed E-state index contributed by atoms with van der Waals surface area (Å²) in [6.45, 7) is 16.9. The molecule has 8 unspecified atom stereocenters. The predicted octanol–water partition coefficient (Wildman–Crippen LogP) is 0.820. The van der Waals surface area contributed by atoms with Crippen LogP contribution in [0.25, 0.3) is 0 Å². The molecule has 0 bridgehead atoms. The van der Waals surface area contributed by atoms with Crippen molar-refractivity contribution >= 4 is 47.4 Å². The van der Waals surface area contributed by atoms with Crippen LogP contribution in [0.4, 0.5) is 0 Å². The smallest absolute Gasteiger partial charge is 0.328 e. The van der Waals surface area contributed by atoms with Crippen molar-refractivity contribution in [2.45, 2.75) is 156 Å². The van der Waals surface area contributed by atoms with Crippen molar-refractivity contribution in [3.8, 4) is 11.8 Å². The number of pyridine rings is 1. The fourth-order valence-electron chi connectivity index (χ4n) is 6.30. The fraction of sp³-hybridized carbons (Fsp3) is 0.711. The lowest BCUT2D eigenvalue weighted by Gasteiger charge is -2.29. The summed E-state index contributed by atoms with van der Waals surface area (Å²) in [5.74, 6) is -6.09. The molecule has 21 nitrogen and oxygen atoms in total. The van der Waals surface area contributed by atoms with Crippen LogP contribution in [0.1, 0.15) is 108 Å². The van der Waals surface area contributed by atoms with Gasteiger partial charge in [0.25, 0.3) is 0 Å². The average molecular weight is 938 g/mol. The van der Waals surface area contributed by atoms with Gasteiger partial charge in [-0.25, -0.2) is 9.59 Å². The molecule has 0 aliphatic rings. The van der Waals surface area contributed by atoms with Gasteiger partial charge in [-0.3, -0.25) is 28.8 Å². The van der Waals surface area contributed by atoms with E-state index in [4.69, 9.17) is 18.9 Å². The van der Waals surface area contributed by atoms with Crippen LogP contribution in [-0.4, -0.2) is 138 Å². The molecule has 10 atom stereocenters. The van der Waals surface area contributed by atoms with Crippen LogP contribution < -0.4 is 41.4 Å². The Hall–Kier alpha value is -5.57. The third-order valence-electron chi connectivity index (χ3n) is 10.9. The number of aliphatic hydroxyl groups excluding tert-OH is 2. The van der Waals surface area contributed by atoms with Gasteiger partial charge in [-0.2, -0.15) is 4.98 Å². The lowest BCUT2D eigenvalue weighted by Crippen LogP contribution is -2.60. The number of amides is 6. The molecule has 0 fully saturated rings. The fourth-order valence-corrected chi connectivity index (χ4v) is 6.30. The predicted molar refractivity (Wildman–Crippen MR) is 241 cm³/mol. The topological polar surface area (TPSA) is 299 Å². The van der Waals surface area contributed by atoms with E-state index in [1.165, 1.54) is 28.1 Å². The lowest BCUT2D eigenvalue weighted by molar-refractivity contribution is -0.147. The zero-order valence-corrected chi connectivity index (χ0v) is 40.6. The summed E-state index contributed by atoms with van der Waals surface area (Å²) in [6.07, 6.45) is -1.39. The van der Waals surface area contributed by atoms with Crippen LogP contribution in [-0.2, 0) is 47.8 Å². The van der Waals surface area contributed by atoms with E-state index in [1.807, 2.05) is 13.8 Å². The Labute approximate surface area is 388 Å². The zero-order valence-electron chi connectivity index (χ0n) is 40.6. The normalized spacial score (nSPS) is 15.8. The van der Waals surface area contributed by atoms with E-state index in [2.05, 4.69) is 36.9 Å². The van der Waals surface area contributed by atoms with Gasteiger partial charge in [0.1, 0.15) is 36.3 Å². The van der Waals surface area contributed by atoms with Crippen LogP contribution in [0, 0.1) is 23.7 Å². The third kappa shape index (κ3) is 19.9. The first-order valence-corrected chi connectivity index (χ1v) is 22.6. The monoisotopic (exact) mass is 938 g/mol. The summed E-state index contributed by atoms with van der Waals surface area (Å²) in [5.41, 5.74) is 0. The number of nitrogens with one attached hydrogen (secondary N) is 6. The minimum absolute atomic E-state index is 0.0514. The Morgan fingerprint density at radius 3 is 1.12 bits per heavy atom. The molecule has 6 amide bonds. The van der Waals surface area contributed by atoms with Gasteiger partial charge < -0.3 is 61.1 Å². The highest BCUT2D eigenvalue weighted by Gasteiger charge is 2.36. The SMILES string of the molecule is CCC(C)C(NC(=O)C(NC(=O)CCCOc1cccc(OCCCC(=O)NC(C(=O)NC(C(=O)N[C@H](C(=O)OC)C(C)C)C(C)CC)C(C)O)n1)C(C)O)C(=O)N[C@H](C(=O)OC)C(C)C. The first-order chi connectivity index (χ1) is 31.0. The Morgan fingerprint density at radius 2 is 0.833 bits per heavy atom. The van der Waals surface area contributed by atoms with Gasteiger partial charge in [-0.1, -0.05) is 74.3 Å². The molecule has 21 heteroatoms. The molecule has 0 radical (unpaired) electrons. The maximum absolute atomic E-state index is 13.3. The Bertz CT molecular complexity index is 1620. The summed E-state index contributed by atoms with van der Waals surface area (Å²) in [4.78, 5) is 108. The zero-order chi connectivity index (χ0) is 50.3. The first kappa shape index (κ1) is 58.4. The van der Waals surface area contributed by atoms with E-state index in [0.29, 0.717) is 12.8 Å². The van der Waals surface area contributed by atoms with Crippen molar-refractivity contribution in [2.24, 2.45) is 23.7 Å². The largest absolute Gasteiger partial charge is 0.478 e. The van der Waals surface area contributed by atoms with Crippen molar-refractivity contribution in [2.75, 3.05) is 27.4 Å². The standard InChI is InChI=1S/C45H75N7O14/c1-13-26(7)36(40(57)49-34(24(3)4)44(61)63-11)51-42(59)38(28(9)53)46-30(55)18-16-22-65-32-20-15-21-33(48-32)66-23-17-19-31(56)47-39(29(10)54)43(60)52-37(27(8)14-2)41(58)50-35(25(5)6)45(62)64-12/h15,20-21,24-29,34-39,53-54H,13-14,16-19,22-23H2,1-12H3,(H,46,55)(H,47,56)(H,49,57)(H,50,58)(H,51,59)(H,52,60)/t26?,27?,28?,29?,34-,35-,36?,37?,38?,39?/m0/s1. The molecule has 0 aliphatic carbocycles. The van der Waals surface area contributed by atoms with E-state index in [1.54, 1.807) is 59.7 Å². The van der Waals surface area contributed by atoms with Gasteiger partial charge in [0.15, 0.2) is 0 Å². The summed E-state index contributed by atoms with van der Waals surface area (Å²) in [7, 11) is 2.42. The number of carbonyl (C=O) groups excluding carboxylic acids is 8. The number of rotatable bonds is 30. The van der Waals surface area contributed by atoms with E-state index in [-0.39, 0.29) is 74.3 Å². The van der Waals surface area contributed by atoms with Crippen molar-refractivity contribution in [1.29, 1.82) is 0 Å². The molecule has 1 heterocycles. The highest BCUT2D eigenvalue weighted by atomic mass is 16.5.